The minimum atomic E-state index is -1.89. The molecule has 0 unspecified atom stereocenters. The van der Waals surface area contributed by atoms with Gasteiger partial charge in [-0.15, -0.1) is 0 Å². The molecule has 0 aromatic heterocycles. The summed E-state index contributed by atoms with van der Waals surface area (Å²) in [5.41, 5.74) is -1.81. The summed E-state index contributed by atoms with van der Waals surface area (Å²) in [6.45, 7) is 18.3. The smallest absolute Gasteiger partial charge is 0.187 e. The van der Waals surface area contributed by atoms with Crippen molar-refractivity contribution < 1.29 is 129 Å². The van der Waals surface area contributed by atoms with Gasteiger partial charge in [-0.3, -0.25) is 0 Å². The Morgan fingerprint density at radius 1 is 0.512 bits per heavy atom. The first-order valence-corrected chi connectivity index (χ1v) is 31.1. The van der Waals surface area contributed by atoms with E-state index in [1.54, 1.807) is 0 Å². The van der Waals surface area contributed by atoms with E-state index in [0.29, 0.717) is 38.5 Å². The van der Waals surface area contributed by atoms with Crippen molar-refractivity contribution in [3.8, 4) is 0 Å². The molecule has 0 radical (unpaired) electrons. The molecule has 0 bridgehead atoms. The molecule has 26 heteroatoms. The average Bonchev–Trinajstić information content (AvgIpc) is 1.22. The standard InChI is InChI=1S/C60H102O26/c1-24(2)12-11-16-60(10,86-54-49(76)44(71)39(66)30(82-54)22-77-51-46(73)41(68)36(63)25(3)79-51)27-13-18-59(9)35(27)28(62)20-33-57(7)17-15-34(56(5,6)32(57)14-19-58(33,59)8)84-55-50(85-53-48(75)43(70)38(65)29(21-61)81-53)45(72)40(67)31(83-55)23-78-52-47(74)42(69)37(64)26(4)80-52/h12,25-55,61-76H,11,13-23H2,1-10H3/t25-,26-,27+,28-,29-,30-,31+,32-,33-,34-,35+,36-,37-,38-,39-,40+,41+,42+,43+,44+,45-,46-,47-,48-,49-,50+,51-,52-,53+,54+,55-,57-,58-,59+,60-/m0/s1. The van der Waals surface area contributed by atoms with Gasteiger partial charge in [0.2, 0.25) is 0 Å². The fraction of sp³-hybridized carbons (Fsp3) is 0.967. The van der Waals surface area contributed by atoms with Crippen molar-refractivity contribution in [3.05, 3.63) is 11.6 Å². The molecule has 0 aromatic rings. The van der Waals surface area contributed by atoms with Crippen LogP contribution in [0.5, 0.6) is 0 Å². The summed E-state index contributed by atoms with van der Waals surface area (Å²) in [6, 6.07) is 0. The second-order valence-electron chi connectivity index (χ2n) is 28.6. The third-order valence-electron chi connectivity index (χ3n) is 22.9. The summed E-state index contributed by atoms with van der Waals surface area (Å²) >= 11 is 0. The Hall–Kier alpha value is -1.30. The molecule has 5 aliphatic heterocycles. The van der Waals surface area contributed by atoms with Crippen LogP contribution >= 0.6 is 0 Å². The van der Waals surface area contributed by atoms with Gasteiger partial charge < -0.3 is 129 Å². The van der Waals surface area contributed by atoms with E-state index in [1.807, 2.05) is 20.8 Å². The highest BCUT2D eigenvalue weighted by atomic mass is 16.8. The Bertz CT molecular complexity index is 2280. The summed E-state index contributed by atoms with van der Waals surface area (Å²) in [5.74, 6) is -0.615. The van der Waals surface area contributed by atoms with Gasteiger partial charge in [-0.1, -0.05) is 46.3 Å². The fourth-order valence-electron chi connectivity index (χ4n) is 17.5. The summed E-state index contributed by atoms with van der Waals surface area (Å²) in [7, 11) is 0. The van der Waals surface area contributed by atoms with Crippen LogP contribution in [0, 0.1) is 45.3 Å². The molecule has 35 atom stereocenters. The van der Waals surface area contributed by atoms with Crippen molar-refractivity contribution in [2.24, 2.45) is 45.3 Å². The van der Waals surface area contributed by atoms with Crippen molar-refractivity contribution in [2.75, 3.05) is 19.8 Å². The molecule has 16 N–H and O–H groups in total. The van der Waals surface area contributed by atoms with E-state index in [0.717, 1.165) is 24.8 Å². The van der Waals surface area contributed by atoms with Gasteiger partial charge in [0.15, 0.2) is 31.5 Å². The molecule has 26 nitrogen and oxygen atoms in total. The zero-order valence-electron chi connectivity index (χ0n) is 51.2. The number of aliphatic hydroxyl groups is 16. The number of ether oxygens (including phenoxy) is 10. The van der Waals surface area contributed by atoms with Crippen LogP contribution in [0.25, 0.3) is 0 Å². The predicted octanol–water partition coefficient (Wildman–Crippen LogP) is -2.32. The zero-order valence-corrected chi connectivity index (χ0v) is 51.2. The topological polar surface area (TPSA) is 416 Å². The third kappa shape index (κ3) is 12.3. The molecule has 4 aliphatic carbocycles. The highest BCUT2D eigenvalue weighted by molar-refractivity contribution is 5.21. The number of rotatable bonds is 17. The third-order valence-corrected chi connectivity index (χ3v) is 22.9. The molecule has 9 aliphatic rings. The maximum atomic E-state index is 13.0. The quantitative estimate of drug-likeness (QED) is 0.0537. The monoisotopic (exact) mass is 1240 g/mol. The molecular formula is C60H102O26. The first-order valence-electron chi connectivity index (χ1n) is 31.1. The van der Waals surface area contributed by atoms with E-state index in [-0.39, 0.29) is 34.5 Å². The molecule has 0 spiro atoms. The van der Waals surface area contributed by atoms with Crippen LogP contribution in [0.2, 0.25) is 0 Å². The van der Waals surface area contributed by atoms with Gasteiger partial charge in [0.05, 0.1) is 49.8 Å². The van der Waals surface area contributed by atoms with E-state index in [2.05, 4.69) is 40.7 Å². The van der Waals surface area contributed by atoms with Crippen LogP contribution in [0.4, 0.5) is 0 Å². The lowest BCUT2D eigenvalue weighted by atomic mass is 9.35. The normalized spacial score (nSPS) is 53.8. The van der Waals surface area contributed by atoms with Crippen LogP contribution in [-0.2, 0) is 47.4 Å². The van der Waals surface area contributed by atoms with Gasteiger partial charge in [0.25, 0.3) is 0 Å². The number of aliphatic hydroxyl groups excluding tert-OH is 16. The van der Waals surface area contributed by atoms with Crippen molar-refractivity contribution >= 4 is 0 Å². The highest BCUT2D eigenvalue weighted by Crippen LogP contribution is 2.76. The first kappa shape index (κ1) is 69.1. The van der Waals surface area contributed by atoms with E-state index < -0.39 is 202 Å². The molecule has 9 rings (SSSR count). The fourth-order valence-corrected chi connectivity index (χ4v) is 17.5. The molecule has 4 saturated carbocycles. The Kier molecular flexibility index (Phi) is 21.1. The van der Waals surface area contributed by atoms with Crippen molar-refractivity contribution in [1.82, 2.24) is 0 Å². The van der Waals surface area contributed by atoms with Crippen LogP contribution in [-0.4, -0.2) is 273 Å². The van der Waals surface area contributed by atoms with E-state index in [9.17, 15) is 81.7 Å². The molecule has 9 fully saturated rings. The van der Waals surface area contributed by atoms with Crippen LogP contribution in [0.3, 0.4) is 0 Å². The summed E-state index contributed by atoms with van der Waals surface area (Å²) in [6.07, 6.45) is -32.6. The molecule has 498 valence electrons. The highest BCUT2D eigenvalue weighted by Gasteiger charge is 2.72. The maximum absolute atomic E-state index is 13.0. The van der Waals surface area contributed by atoms with Crippen molar-refractivity contribution in [3.63, 3.8) is 0 Å². The van der Waals surface area contributed by atoms with E-state index in [4.69, 9.17) is 47.4 Å². The molecule has 0 aromatic carbocycles. The van der Waals surface area contributed by atoms with Crippen LogP contribution in [0.15, 0.2) is 11.6 Å². The summed E-state index contributed by atoms with van der Waals surface area (Å²) in [5, 5.41) is 176. The number of hydrogen-bond donors (Lipinski definition) is 16. The Labute approximate surface area is 502 Å². The second kappa shape index (κ2) is 26.2. The average molecular weight is 1240 g/mol. The SMILES string of the molecule is CC(C)=CCC[C@](C)(O[C@H]1O[C@@H](CO[C@H]2O[C@@H](C)[C@H](O)[C@@H](O)[C@@H]2O)[C@H](O)[C@@H](O)[C@@H]1O)[C@@H]1CC[C@]2(C)[C@H]1[C@@H](O)C[C@H]1[C@@]3(C)CC[C@H](O[C@@H]4O[C@H](CO[C@H]5O[C@@H](C)[C@H](O)[C@@H](O)[C@@H]5O)[C@@H](O)[C@H](O)[C@H]4O[C@H]4O[C@@H](CO)[C@H](O)[C@@H](O)[C@@H]4O)C(C)(C)[C@@H]3CC[C@@]12C. The lowest BCUT2D eigenvalue weighted by Crippen LogP contribution is -2.68. The maximum Gasteiger partial charge on any atom is 0.187 e. The predicted molar refractivity (Wildman–Crippen MR) is 296 cm³/mol. The van der Waals surface area contributed by atoms with Crippen molar-refractivity contribution in [2.45, 2.75) is 298 Å². The first-order chi connectivity index (χ1) is 40.2. The number of hydrogen-bond acceptors (Lipinski definition) is 26. The minimum Gasteiger partial charge on any atom is -0.394 e. The number of fused-ring (bicyclic) bond motifs is 5. The van der Waals surface area contributed by atoms with Gasteiger partial charge >= 0.3 is 0 Å². The molecular weight excluding hydrogens is 1140 g/mol. The second-order valence-corrected chi connectivity index (χ2v) is 28.6. The zero-order chi connectivity index (χ0) is 63.2. The van der Waals surface area contributed by atoms with Gasteiger partial charge in [-0.2, -0.15) is 0 Å². The molecule has 0 amide bonds. The Morgan fingerprint density at radius 2 is 1.00 bits per heavy atom. The molecule has 86 heavy (non-hydrogen) atoms. The van der Waals surface area contributed by atoms with Gasteiger partial charge in [0.1, 0.15) is 110 Å². The van der Waals surface area contributed by atoms with Crippen molar-refractivity contribution in [1.29, 1.82) is 0 Å². The van der Waals surface area contributed by atoms with Crippen LogP contribution in [0.1, 0.15) is 127 Å². The van der Waals surface area contributed by atoms with E-state index in [1.165, 1.54) is 13.8 Å². The summed E-state index contributed by atoms with van der Waals surface area (Å²) in [4.78, 5) is 0. The number of allylic oxidation sites excluding steroid dienone is 2. The van der Waals surface area contributed by atoms with Gasteiger partial charge in [0, 0.05) is 0 Å². The lowest BCUT2D eigenvalue weighted by molar-refractivity contribution is -0.382. The Morgan fingerprint density at radius 3 is 1.56 bits per heavy atom. The van der Waals surface area contributed by atoms with E-state index >= 15 is 0 Å². The van der Waals surface area contributed by atoms with Gasteiger partial charge in [-0.05, 0) is 138 Å². The lowest BCUT2D eigenvalue weighted by Gasteiger charge is -2.71. The van der Waals surface area contributed by atoms with Crippen LogP contribution < -0.4 is 0 Å². The van der Waals surface area contributed by atoms with Gasteiger partial charge in [-0.25, -0.2) is 0 Å². The Balaban J connectivity index is 0.941. The minimum absolute atomic E-state index is 0.00635. The molecule has 5 saturated heterocycles. The summed E-state index contributed by atoms with van der Waals surface area (Å²) < 4.78 is 61.3. The largest absolute Gasteiger partial charge is 0.394 e. The molecule has 5 heterocycles.